The second-order valence-electron chi connectivity index (χ2n) is 7.08. The summed E-state index contributed by atoms with van der Waals surface area (Å²) in [6.45, 7) is 0.310. The molecule has 1 heterocycles. The van der Waals surface area contributed by atoms with Crippen LogP contribution in [0.2, 0.25) is 5.02 Å². The van der Waals surface area contributed by atoms with Gasteiger partial charge in [0.25, 0.3) is 0 Å². The molecule has 2 amide bonds. The molecule has 7 heteroatoms. The molecule has 4 rings (SSSR count). The lowest BCUT2D eigenvalue weighted by Gasteiger charge is -2.19. The van der Waals surface area contributed by atoms with Crippen molar-refractivity contribution in [1.82, 2.24) is 0 Å². The lowest BCUT2D eigenvalue weighted by atomic mass is 10.1. The van der Waals surface area contributed by atoms with Gasteiger partial charge in [-0.2, -0.15) is 0 Å². The average molecular weight is 425 g/mol. The highest BCUT2D eigenvalue weighted by atomic mass is 35.5. The summed E-state index contributed by atoms with van der Waals surface area (Å²) >= 11 is 6.19. The largest absolute Gasteiger partial charge is 0.495 e. The standard InChI is InChI=1S/C23H21ClN2O4/c1-29-20-12-21(30-2)18(11-17(20)24)25-23(28)15-10-22(27)26(13-15)19-9-5-7-14-6-3-4-8-16(14)19/h3-9,11-12,15H,10,13H2,1-2H3,(H,25,28)/t15-/m0/s1. The van der Waals surface area contributed by atoms with Crippen LogP contribution in [0.15, 0.2) is 54.6 Å². The molecule has 0 spiro atoms. The summed E-state index contributed by atoms with van der Waals surface area (Å²) in [6.07, 6.45) is 0.140. The first-order chi connectivity index (χ1) is 14.5. The zero-order chi connectivity index (χ0) is 21.3. The fourth-order valence-electron chi connectivity index (χ4n) is 3.75. The number of hydrogen-bond acceptors (Lipinski definition) is 4. The molecule has 0 saturated carbocycles. The maximum atomic E-state index is 12.9. The van der Waals surface area contributed by atoms with Crippen LogP contribution in [-0.2, 0) is 9.59 Å². The number of amides is 2. The summed E-state index contributed by atoms with van der Waals surface area (Å²) in [5.74, 6) is 0.0587. The summed E-state index contributed by atoms with van der Waals surface area (Å²) in [6, 6.07) is 16.9. The van der Waals surface area contributed by atoms with Gasteiger partial charge in [-0.15, -0.1) is 0 Å². The zero-order valence-electron chi connectivity index (χ0n) is 16.6. The van der Waals surface area contributed by atoms with Crippen molar-refractivity contribution in [1.29, 1.82) is 0 Å². The quantitative estimate of drug-likeness (QED) is 0.654. The van der Waals surface area contributed by atoms with E-state index in [0.717, 1.165) is 16.5 Å². The van der Waals surface area contributed by atoms with Crippen molar-refractivity contribution in [3.05, 3.63) is 59.6 Å². The number of methoxy groups -OCH3 is 2. The molecule has 0 radical (unpaired) electrons. The first-order valence-electron chi connectivity index (χ1n) is 9.52. The SMILES string of the molecule is COc1cc(OC)c(NC(=O)[C@H]2CC(=O)N(c3cccc4ccccc34)C2)cc1Cl. The molecule has 1 atom stereocenters. The molecule has 0 unspecified atom stereocenters. The van der Waals surface area contributed by atoms with Crippen molar-refractivity contribution in [3.63, 3.8) is 0 Å². The van der Waals surface area contributed by atoms with Crippen LogP contribution in [0.1, 0.15) is 6.42 Å². The number of anilines is 2. The Morgan fingerprint density at radius 3 is 2.57 bits per heavy atom. The Kier molecular flexibility index (Phi) is 5.50. The van der Waals surface area contributed by atoms with E-state index in [1.165, 1.54) is 14.2 Å². The molecular weight excluding hydrogens is 404 g/mol. The zero-order valence-corrected chi connectivity index (χ0v) is 17.4. The van der Waals surface area contributed by atoms with Gasteiger partial charge in [0.1, 0.15) is 11.5 Å². The van der Waals surface area contributed by atoms with E-state index in [0.29, 0.717) is 28.8 Å². The van der Waals surface area contributed by atoms with E-state index in [2.05, 4.69) is 5.32 Å². The minimum Gasteiger partial charge on any atom is -0.495 e. The fraction of sp³-hybridized carbons (Fsp3) is 0.217. The number of fused-ring (bicyclic) bond motifs is 1. The second-order valence-corrected chi connectivity index (χ2v) is 7.49. The molecule has 1 aliphatic heterocycles. The summed E-state index contributed by atoms with van der Waals surface area (Å²) in [7, 11) is 3.00. The van der Waals surface area contributed by atoms with Crippen molar-refractivity contribution < 1.29 is 19.1 Å². The molecule has 1 aliphatic rings. The lowest BCUT2D eigenvalue weighted by molar-refractivity contribution is -0.122. The van der Waals surface area contributed by atoms with Crippen LogP contribution in [-0.4, -0.2) is 32.6 Å². The monoisotopic (exact) mass is 424 g/mol. The van der Waals surface area contributed by atoms with Crippen molar-refractivity contribution in [2.24, 2.45) is 5.92 Å². The third-order valence-corrected chi connectivity index (χ3v) is 5.58. The van der Waals surface area contributed by atoms with Gasteiger partial charge >= 0.3 is 0 Å². The number of benzene rings is 3. The molecule has 0 aliphatic carbocycles. The Morgan fingerprint density at radius 2 is 1.80 bits per heavy atom. The minimum atomic E-state index is -0.484. The van der Waals surface area contributed by atoms with Crippen LogP contribution in [0.4, 0.5) is 11.4 Å². The topological polar surface area (TPSA) is 67.9 Å². The Morgan fingerprint density at radius 1 is 1.07 bits per heavy atom. The third kappa shape index (κ3) is 3.66. The number of ether oxygens (including phenoxy) is 2. The highest BCUT2D eigenvalue weighted by Crippen LogP contribution is 2.37. The number of nitrogens with zero attached hydrogens (tertiary/aromatic N) is 1. The molecule has 1 saturated heterocycles. The fourth-order valence-corrected chi connectivity index (χ4v) is 3.99. The predicted molar refractivity (Wildman–Crippen MR) is 118 cm³/mol. The molecule has 154 valence electrons. The Bertz CT molecular complexity index is 1130. The number of rotatable bonds is 5. The maximum Gasteiger partial charge on any atom is 0.229 e. The molecule has 0 aromatic heterocycles. The van der Waals surface area contributed by atoms with Crippen molar-refractivity contribution in [2.45, 2.75) is 6.42 Å². The van der Waals surface area contributed by atoms with E-state index in [-0.39, 0.29) is 18.2 Å². The normalized spacial score (nSPS) is 16.0. The highest BCUT2D eigenvalue weighted by Gasteiger charge is 2.36. The molecule has 3 aromatic rings. The number of halogens is 1. The molecule has 3 aromatic carbocycles. The van der Waals surface area contributed by atoms with Crippen LogP contribution in [0.5, 0.6) is 11.5 Å². The molecular formula is C23H21ClN2O4. The van der Waals surface area contributed by atoms with Crippen LogP contribution in [0, 0.1) is 5.92 Å². The van der Waals surface area contributed by atoms with Crippen LogP contribution in [0.25, 0.3) is 10.8 Å². The number of carbonyl (C=O) groups excluding carboxylic acids is 2. The second kappa shape index (κ2) is 8.24. The molecule has 1 fully saturated rings. The third-order valence-electron chi connectivity index (χ3n) is 5.29. The van der Waals surface area contributed by atoms with E-state index in [1.807, 2.05) is 42.5 Å². The maximum absolute atomic E-state index is 12.9. The van der Waals surface area contributed by atoms with E-state index in [9.17, 15) is 9.59 Å². The number of carbonyl (C=O) groups is 2. The smallest absolute Gasteiger partial charge is 0.229 e. The predicted octanol–water partition coefficient (Wildman–Crippen LogP) is 4.50. The summed E-state index contributed by atoms with van der Waals surface area (Å²) in [4.78, 5) is 27.3. The van der Waals surface area contributed by atoms with Crippen LogP contribution in [0.3, 0.4) is 0 Å². The molecule has 0 bridgehead atoms. The van der Waals surface area contributed by atoms with Gasteiger partial charge in [0.2, 0.25) is 11.8 Å². The Hall–Kier alpha value is -3.25. The van der Waals surface area contributed by atoms with Gasteiger partial charge < -0.3 is 19.7 Å². The van der Waals surface area contributed by atoms with Gasteiger partial charge in [0, 0.05) is 24.4 Å². The average Bonchev–Trinajstić information content (AvgIpc) is 3.15. The van der Waals surface area contributed by atoms with Gasteiger partial charge in [-0.1, -0.05) is 48.0 Å². The number of hydrogen-bond donors (Lipinski definition) is 1. The molecule has 30 heavy (non-hydrogen) atoms. The number of nitrogens with one attached hydrogen (secondary N) is 1. The minimum absolute atomic E-state index is 0.0776. The van der Waals surface area contributed by atoms with Gasteiger partial charge in [-0.3, -0.25) is 9.59 Å². The van der Waals surface area contributed by atoms with E-state index in [1.54, 1.807) is 17.0 Å². The van der Waals surface area contributed by atoms with Crippen LogP contribution >= 0.6 is 11.6 Å². The summed E-state index contributed by atoms with van der Waals surface area (Å²) in [5, 5.41) is 5.23. The highest BCUT2D eigenvalue weighted by molar-refractivity contribution is 6.32. The summed E-state index contributed by atoms with van der Waals surface area (Å²) in [5.41, 5.74) is 1.25. The van der Waals surface area contributed by atoms with Crippen LogP contribution < -0.4 is 19.7 Å². The van der Waals surface area contributed by atoms with Gasteiger partial charge in [-0.05, 0) is 17.5 Å². The molecule has 6 nitrogen and oxygen atoms in total. The van der Waals surface area contributed by atoms with Gasteiger partial charge in [0.15, 0.2) is 0 Å². The summed E-state index contributed by atoms with van der Waals surface area (Å²) < 4.78 is 10.5. The molecule has 1 N–H and O–H groups in total. The van der Waals surface area contributed by atoms with E-state index < -0.39 is 5.92 Å². The first kappa shape index (κ1) is 20.0. The van der Waals surface area contributed by atoms with E-state index >= 15 is 0 Å². The van der Waals surface area contributed by atoms with Gasteiger partial charge in [-0.25, -0.2) is 0 Å². The van der Waals surface area contributed by atoms with Crippen molar-refractivity contribution in [2.75, 3.05) is 31.0 Å². The lowest BCUT2D eigenvalue weighted by Crippen LogP contribution is -2.28. The Labute approximate surface area is 179 Å². The van der Waals surface area contributed by atoms with E-state index in [4.69, 9.17) is 21.1 Å². The first-order valence-corrected chi connectivity index (χ1v) is 9.90. The Balaban J connectivity index is 1.56. The van der Waals surface area contributed by atoms with Gasteiger partial charge in [0.05, 0.1) is 36.5 Å². The van der Waals surface area contributed by atoms with Crippen molar-refractivity contribution >= 4 is 45.6 Å². The van der Waals surface area contributed by atoms with Crippen molar-refractivity contribution in [3.8, 4) is 11.5 Å².